The zero-order valence-electron chi connectivity index (χ0n) is 9.61. The van der Waals surface area contributed by atoms with Gasteiger partial charge in [0.2, 0.25) is 5.91 Å². The minimum absolute atomic E-state index is 0.0443. The molecule has 3 heteroatoms. The van der Waals surface area contributed by atoms with Gasteiger partial charge >= 0.3 is 0 Å². The molecule has 2 nitrogen and oxygen atoms in total. The van der Waals surface area contributed by atoms with Crippen LogP contribution in [0.2, 0.25) is 0 Å². The maximum atomic E-state index is 12.1. The van der Waals surface area contributed by atoms with Crippen LogP contribution in [0.25, 0.3) is 0 Å². The van der Waals surface area contributed by atoms with Crippen LogP contribution in [-0.4, -0.2) is 17.3 Å². The van der Waals surface area contributed by atoms with Crippen molar-refractivity contribution in [1.29, 1.82) is 0 Å². The van der Waals surface area contributed by atoms with Crippen LogP contribution in [0.3, 0.4) is 0 Å². The summed E-state index contributed by atoms with van der Waals surface area (Å²) in [4.78, 5) is 12.1. The molecule has 0 aromatic carbocycles. The second-order valence-corrected chi connectivity index (χ2v) is 6.10. The van der Waals surface area contributed by atoms with E-state index in [1.165, 1.54) is 12.8 Å². The van der Waals surface area contributed by atoms with Gasteiger partial charge in [0, 0.05) is 11.8 Å². The molecule has 1 amide bonds. The Labute approximate surface area is 96.8 Å². The Balaban J connectivity index is 1.96. The molecule has 2 rings (SSSR count). The first-order chi connectivity index (χ1) is 6.99. The van der Waals surface area contributed by atoms with Crippen molar-refractivity contribution in [2.24, 2.45) is 11.3 Å². The number of carbonyl (C=O) groups excluding carboxylic acids is 1. The average Bonchev–Trinajstić information content (AvgIpc) is 2.84. The molecule has 0 saturated heterocycles. The number of carbonyl (C=O) groups is 1. The number of hydrogen-bond donors (Lipinski definition) is 1. The normalized spacial score (nSPS) is 31.3. The van der Waals surface area contributed by atoms with Gasteiger partial charge in [-0.3, -0.25) is 4.79 Å². The van der Waals surface area contributed by atoms with Crippen molar-refractivity contribution in [2.75, 3.05) is 5.88 Å². The fourth-order valence-electron chi connectivity index (χ4n) is 2.60. The number of nitrogens with one attached hydrogen (secondary N) is 1. The van der Waals surface area contributed by atoms with E-state index in [-0.39, 0.29) is 22.8 Å². The summed E-state index contributed by atoms with van der Waals surface area (Å²) in [5, 5.41) is 3.14. The molecule has 0 heterocycles. The van der Waals surface area contributed by atoms with Gasteiger partial charge in [-0.15, -0.1) is 11.6 Å². The summed E-state index contributed by atoms with van der Waals surface area (Å²) in [6.45, 7) is 4.40. The van der Waals surface area contributed by atoms with Crippen LogP contribution in [0.5, 0.6) is 0 Å². The average molecular weight is 230 g/mol. The van der Waals surface area contributed by atoms with Crippen molar-refractivity contribution in [3.05, 3.63) is 0 Å². The molecule has 2 fully saturated rings. The van der Waals surface area contributed by atoms with Crippen LogP contribution in [0.1, 0.15) is 46.0 Å². The molecule has 0 aromatic heterocycles. The van der Waals surface area contributed by atoms with Crippen molar-refractivity contribution in [3.63, 3.8) is 0 Å². The molecule has 86 valence electrons. The Morgan fingerprint density at radius 1 is 1.40 bits per heavy atom. The van der Waals surface area contributed by atoms with E-state index in [4.69, 9.17) is 11.6 Å². The smallest absolute Gasteiger partial charge is 0.224 e. The quantitative estimate of drug-likeness (QED) is 0.741. The first-order valence-electron chi connectivity index (χ1n) is 5.87. The van der Waals surface area contributed by atoms with Gasteiger partial charge in [-0.25, -0.2) is 0 Å². The number of hydrogen-bond acceptors (Lipinski definition) is 1. The molecule has 0 radical (unpaired) electrons. The molecule has 2 aliphatic rings. The summed E-state index contributed by atoms with van der Waals surface area (Å²) in [6, 6.07) is 0. The standard InChI is InChI=1S/C12H20ClNO/c1-11(2)5-3-4-9(11)10(15)14-12(8-13)6-7-12/h9H,3-8H2,1-2H3,(H,14,15). The maximum Gasteiger partial charge on any atom is 0.224 e. The van der Waals surface area contributed by atoms with Crippen LogP contribution in [0.4, 0.5) is 0 Å². The van der Waals surface area contributed by atoms with Crippen molar-refractivity contribution in [3.8, 4) is 0 Å². The largest absolute Gasteiger partial charge is 0.349 e. The van der Waals surface area contributed by atoms with Gasteiger partial charge in [0.15, 0.2) is 0 Å². The van der Waals surface area contributed by atoms with Crippen LogP contribution in [-0.2, 0) is 4.79 Å². The molecule has 1 N–H and O–H groups in total. The lowest BCUT2D eigenvalue weighted by Crippen LogP contribution is -2.44. The number of halogens is 1. The fraction of sp³-hybridized carbons (Fsp3) is 0.917. The summed E-state index contributed by atoms with van der Waals surface area (Å²) in [7, 11) is 0. The molecule has 0 bridgehead atoms. The Morgan fingerprint density at radius 3 is 2.47 bits per heavy atom. The van der Waals surface area contributed by atoms with Gasteiger partial charge in [-0.2, -0.15) is 0 Å². The van der Waals surface area contributed by atoms with Gasteiger partial charge in [0.25, 0.3) is 0 Å². The molecule has 2 aliphatic carbocycles. The predicted molar refractivity (Wildman–Crippen MR) is 61.9 cm³/mol. The topological polar surface area (TPSA) is 29.1 Å². The molecule has 1 atom stereocenters. The third-order valence-corrected chi connectivity index (χ3v) is 4.58. The number of amides is 1. The lowest BCUT2D eigenvalue weighted by Gasteiger charge is -2.27. The number of rotatable bonds is 3. The van der Waals surface area contributed by atoms with E-state index in [9.17, 15) is 4.79 Å². The minimum atomic E-state index is -0.0443. The third-order valence-electron chi connectivity index (χ3n) is 4.07. The Bertz CT molecular complexity index is 271. The summed E-state index contributed by atoms with van der Waals surface area (Å²) in [5.74, 6) is 0.986. The van der Waals surface area contributed by atoms with Gasteiger partial charge in [-0.1, -0.05) is 20.3 Å². The Hall–Kier alpha value is -0.240. The van der Waals surface area contributed by atoms with Gasteiger partial charge in [-0.05, 0) is 31.1 Å². The SMILES string of the molecule is CC1(C)CCCC1C(=O)NC1(CCl)CC1. The highest BCUT2D eigenvalue weighted by Gasteiger charge is 2.47. The monoisotopic (exact) mass is 229 g/mol. The van der Waals surface area contributed by atoms with E-state index in [1.54, 1.807) is 0 Å². The van der Waals surface area contributed by atoms with E-state index >= 15 is 0 Å². The van der Waals surface area contributed by atoms with Gasteiger partial charge < -0.3 is 5.32 Å². The highest BCUT2D eigenvalue weighted by atomic mass is 35.5. The van der Waals surface area contributed by atoms with Crippen LogP contribution in [0.15, 0.2) is 0 Å². The molecule has 1 unspecified atom stereocenters. The van der Waals surface area contributed by atoms with Crippen molar-refractivity contribution < 1.29 is 4.79 Å². The van der Waals surface area contributed by atoms with E-state index in [1.807, 2.05) is 0 Å². The van der Waals surface area contributed by atoms with Crippen LogP contribution < -0.4 is 5.32 Å². The maximum absolute atomic E-state index is 12.1. The first-order valence-corrected chi connectivity index (χ1v) is 6.41. The summed E-state index contributed by atoms with van der Waals surface area (Å²) in [5.41, 5.74) is 0.129. The van der Waals surface area contributed by atoms with Crippen molar-refractivity contribution in [1.82, 2.24) is 5.32 Å². The predicted octanol–water partition coefficient (Wildman–Crippen LogP) is 2.70. The van der Waals surface area contributed by atoms with E-state index in [0.717, 1.165) is 19.3 Å². The zero-order valence-corrected chi connectivity index (χ0v) is 10.4. The summed E-state index contributed by atoms with van der Waals surface area (Å²) in [6.07, 6.45) is 5.49. The lowest BCUT2D eigenvalue weighted by molar-refractivity contribution is -0.128. The van der Waals surface area contributed by atoms with Gasteiger partial charge in [0.05, 0.1) is 5.54 Å². The van der Waals surface area contributed by atoms with Crippen LogP contribution >= 0.6 is 11.6 Å². The van der Waals surface area contributed by atoms with Crippen LogP contribution in [0, 0.1) is 11.3 Å². The van der Waals surface area contributed by atoms with E-state index in [0.29, 0.717) is 5.88 Å². The summed E-state index contributed by atoms with van der Waals surface area (Å²) < 4.78 is 0. The zero-order chi connectivity index (χ0) is 11.1. The Morgan fingerprint density at radius 2 is 2.07 bits per heavy atom. The van der Waals surface area contributed by atoms with E-state index < -0.39 is 0 Å². The van der Waals surface area contributed by atoms with Crippen molar-refractivity contribution >= 4 is 17.5 Å². The molecule has 15 heavy (non-hydrogen) atoms. The van der Waals surface area contributed by atoms with Gasteiger partial charge in [0.1, 0.15) is 0 Å². The van der Waals surface area contributed by atoms with Crippen molar-refractivity contribution in [2.45, 2.75) is 51.5 Å². The fourth-order valence-corrected chi connectivity index (χ4v) is 2.94. The minimum Gasteiger partial charge on any atom is -0.349 e. The number of alkyl halides is 1. The molecule has 0 aromatic rings. The second kappa shape index (κ2) is 3.65. The summed E-state index contributed by atoms with van der Waals surface area (Å²) >= 11 is 5.86. The Kier molecular flexibility index (Phi) is 2.74. The first kappa shape index (κ1) is 11.3. The molecular weight excluding hydrogens is 210 g/mol. The lowest BCUT2D eigenvalue weighted by atomic mass is 9.81. The molecular formula is C12H20ClNO. The highest BCUT2D eigenvalue weighted by Crippen LogP contribution is 2.44. The second-order valence-electron chi connectivity index (χ2n) is 5.84. The molecule has 0 spiro atoms. The highest BCUT2D eigenvalue weighted by molar-refractivity contribution is 6.19. The molecule has 0 aliphatic heterocycles. The van der Waals surface area contributed by atoms with E-state index in [2.05, 4.69) is 19.2 Å². The third kappa shape index (κ3) is 2.15. The molecule has 2 saturated carbocycles.